The standard InChI is InChI=1S/C20H23Br2NO5/c1-26-17-9-15(21)14(18(22)19(17)25)8-16-13-2-4-20(27-6-7-28-20)10-12(13)3-5-23(16)11-24/h9,11,16,25H,2-8,10H2,1H3. The summed E-state index contributed by atoms with van der Waals surface area (Å²) in [5.74, 6) is -0.00104. The van der Waals surface area contributed by atoms with Gasteiger partial charge in [0.2, 0.25) is 6.41 Å². The van der Waals surface area contributed by atoms with Gasteiger partial charge >= 0.3 is 0 Å². The smallest absolute Gasteiger partial charge is 0.210 e. The summed E-state index contributed by atoms with van der Waals surface area (Å²) in [5, 5.41) is 10.4. The summed E-state index contributed by atoms with van der Waals surface area (Å²) in [6, 6.07) is 1.72. The first-order valence-corrected chi connectivity index (χ1v) is 11.0. The fraction of sp³-hybridized carbons (Fsp3) is 0.550. The van der Waals surface area contributed by atoms with E-state index in [-0.39, 0.29) is 11.8 Å². The van der Waals surface area contributed by atoms with E-state index in [0.717, 1.165) is 42.1 Å². The van der Waals surface area contributed by atoms with Gasteiger partial charge in [0.25, 0.3) is 0 Å². The Bertz CT molecular complexity index is 819. The second-order valence-corrected chi connectivity index (χ2v) is 9.08. The lowest BCUT2D eigenvalue weighted by molar-refractivity contribution is -0.165. The molecule has 1 aromatic carbocycles. The maximum Gasteiger partial charge on any atom is 0.210 e. The molecule has 1 saturated heterocycles. The topological polar surface area (TPSA) is 68.2 Å². The summed E-state index contributed by atoms with van der Waals surface area (Å²) in [7, 11) is 1.52. The molecule has 1 unspecified atom stereocenters. The van der Waals surface area contributed by atoms with E-state index >= 15 is 0 Å². The third-order valence-electron chi connectivity index (χ3n) is 6.01. The van der Waals surface area contributed by atoms with Crippen LogP contribution in [0.4, 0.5) is 0 Å². The molecule has 0 saturated carbocycles. The average molecular weight is 517 g/mol. The number of phenols is 1. The van der Waals surface area contributed by atoms with Gasteiger partial charge in [-0.05, 0) is 52.4 Å². The van der Waals surface area contributed by atoms with Gasteiger partial charge in [-0.2, -0.15) is 0 Å². The summed E-state index contributed by atoms with van der Waals surface area (Å²) in [6.45, 7) is 1.98. The molecule has 1 aliphatic carbocycles. The van der Waals surface area contributed by atoms with Crippen LogP contribution in [-0.4, -0.2) is 55.1 Å². The Morgan fingerprint density at radius 1 is 1.36 bits per heavy atom. The van der Waals surface area contributed by atoms with Crippen LogP contribution >= 0.6 is 31.9 Å². The molecule has 1 spiro atoms. The highest BCUT2D eigenvalue weighted by molar-refractivity contribution is 9.11. The van der Waals surface area contributed by atoms with Crippen molar-refractivity contribution in [2.45, 2.75) is 43.9 Å². The molecule has 152 valence electrons. The Labute approximate surface area is 181 Å². The van der Waals surface area contributed by atoms with Crippen LogP contribution in [0.15, 0.2) is 26.2 Å². The van der Waals surface area contributed by atoms with Crippen LogP contribution in [0.1, 0.15) is 31.2 Å². The number of aromatic hydroxyl groups is 1. The van der Waals surface area contributed by atoms with E-state index < -0.39 is 5.79 Å². The van der Waals surface area contributed by atoms with Crippen molar-refractivity contribution in [1.29, 1.82) is 0 Å². The van der Waals surface area contributed by atoms with Crippen molar-refractivity contribution in [3.8, 4) is 11.5 Å². The highest BCUT2D eigenvalue weighted by atomic mass is 79.9. The molecule has 2 heterocycles. The first-order chi connectivity index (χ1) is 13.5. The molecule has 3 aliphatic rings. The fourth-order valence-corrected chi connectivity index (χ4v) is 5.98. The number of amides is 1. The molecule has 28 heavy (non-hydrogen) atoms. The van der Waals surface area contributed by atoms with Crippen molar-refractivity contribution < 1.29 is 24.1 Å². The monoisotopic (exact) mass is 515 g/mol. The van der Waals surface area contributed by atoms with Gasteiger partial charge in [0.05, 0.1) is 30.8 Å². The maximum atomic E-state index is 11.8. The van der Waals surface area contributed by atoms with Gasteiger partial charge in [-0.1, -0.05) is 21.5 Å². The normalized spacial score (nSPS) is 23.8. The summed E-state index contributed by atoms with van der Waals surface area (Å²) in [6.07, 6.45) is 4.83. The molecule has 0 aromatic heterocycles. The van der Waals surface area contributed by atoms with Crippen LogP contribution in [0.2, 0.25) is 0 Å². The van der Waals surface area contributed by atoms with Crippen molar-refractivity contribution in [3.63, 3.8) is 0 Å². The number of hydrogen-bond donors (Lipinski definition) is 1. The van der Waals surface area contributed by atoms with Crippen LogP contribution < -0.4 is 4.74 Å². The number of phenolic OH excluding ortho intramolecular Hbond substituents is 1. The number of carbonyl (C=O) groups excluding carboxylic acids is 1. The Hall–Kier alpha value is -1.09. The SMILES string of the molecule is COc1cc(Br)c(CC2C3=C(CCN2C=O)CC2(CC3)OCCO2)c(Br)c1O. The van der Waals surface area contributed by atoms with Crippen LogP contribution in [0.25, 0.3) is 0 Å². The van der Waals surface area contributed by atoms with Crippen LogP contribution in [0, 0.1) is 0 Å². The zero-order valence-electron chi connectivity index (χ0n) is 15.7. The number of halogens is 2. The summed E-state index contributed by atoms with van der Waals surface area (Å²) in [5.41, 5.74) is 3.57. The fourth-order valence-electron chi connectivity index (χ4n) is 4.57. The van der Waals surface area contributed by atoms with E-state index in [1.807, 2.05) is 4.90 Å². The van der Waals surface area contributed by atoms with E-state index in [9.17, 15) is 9.90 Å². The van der Waals surface area contributed by atoms with E-state index in [0.29, 0.717) is 36.4 Å². The molecular formula is C20H23Br2NO5. The van der Waals surface area contributed by atoms with Crippen LogP contribution in [0.3, 0.4) is 0 Å². The van der Waals surface area contributed by atoms with E-state index in [1.54, 1.807) is 6.07 Å². The molecule has 0 radical (unpaired) electrons. The van der Waals surface area contributed by atoms with Crippen molar-refractivity contribution in [2.24, 2.45) is 0 Å². The second kappa shape index (κ2) is 7.97. The largest absolute Gasteiger partial charge is 0.503 e. The van der Waals surface area contributed by atoms with E-state index in [1.165, 1.54) is 18.3 Å². The molecular weight excluding hydrogens is 494 g/mol. The number of nitrogens with zero attached hydrogens (tertiary/aromatic N) is 1. The molecule has 8 heteroatoms. The van der Waals surface area contributed by atoms with Crippen LogP contribution in [0.5, 0.6) is 11.5 Å². The lowest BCUT2D eigenvalue weighted by Gasteiger charge is -2.43. The van der Waals surface area contributed by atoms with Gasteiger partial charge in [-0.25, -0.2) is 0 Å². The first-order valence-electron chi connectivity index (χ1n) is 9.41. The molecule has 0 bridgehead atoms. The van der Waals surface area contributed by atoms with Gasteiger partial charge in [0.15, 0.2) is 17.3 Å². The molecule has 1 fully saturated rings. The highest BCUT2D eigenvalue weighted by Crippen LogP contribution is 2.46. The molecule has 6 nitrogen and oxygen atoms in total. The minimum atomic E-state index is -0.466. The molecule has 1 N–H and O–H groups in total. The van der Waals surface area contributed by atoms with Crippen molar-refractivity contribution in [1.82, 2.24) is 4.90 Å². The lowest BCUT2D eigenvalue weighted by Crippen LogP contribution is -2.46. The Morgan fingerprint density at radius 2 is 2.11 bits per heavy atom. The van der Waals surface area contributed by atoms with E-state index in [4.69, 9.17) is 14.2 Å². The number of carbonyl (C=O) groups is 1. The van der Waals surface area contributed by atoms with Gasteiger partial charge in [0, 0.05) is 23.9 Å². The zero-order chi connectivity index (χ0) is 19.9. The third-order valence-corrected chi connectivity index (χ3v) is 7.57. The van der Waals surface area contributed by atoms with Gasteiger partial charge in [-0.3, -0.25) is 4.79 Å². The Morgan fingerprint density at radius 3 is 2.79 bits per heavy atom. The molecule has 1 atom stereocenters. The number of rotatable bonds is 4. The Kier molecular flexibility index (Phi) is 5.75. The average Bonchev–Trinajstić information content (AvgIpc) is 3.15. The molecule has 4 rings (SSSR count). The molecule has 2 aliphatic heterocycles. The van der Waals surface area contributed by atoms with Gasteiger partial charge in [0.1, 0.15) is 0 Å². The predicted molar refractivity (Wildman–Crippen MR) is 110 cm³/mol. The summed E-state index contributed by atoms with van der Waals surface area (Å²) in [4.78, 5) is 13.7. The summed E-state index contributed by atoms with van der Waals surface area (Å²) >= 11 is 7.10. The maximum absolute atomic E-state index is 11.8. The lowest BCUT2D eigenvalue weighted by atomic mass is 9.78. The van der Waals surface area contributed by atoms with Gasteiger partial charge in [-0.15, -0.1) is 0 Å². The minimum absolute atomic E-state index is 0.0413. The zero-order valence-corrected chi connectivity index (χ0v) is 18.8. The number of methoxy groups -OCH3 is 1. The van der Waals surface area contributed by atoms with E-state index in [2.05, 4.69) is 31.9 Å². The minimum Gasteiger partial charge on any atom is -0.503 e. The van der Waals surface area contributed by atoms with Crippen molar-refractivity contribution >= 4 is 38.3 Å². The number of benzene rings is 1. The quantitative estimate of drug-likeness (QED) is 0.485. The first kappa shape index (κ1) is 20.2. The highest BCUT2D eigenvalue weighted by Gasteiger charge is 2.44. The number of hydrogen-bond acceptors (Lipinski definition) is 5. The second-order valence-electron chi connectivity index (χ2n) is 7.43. The van der Waals surface area contributed by atoms with Gasteiger partial charge < -0.3 is 24.2 Å². The predicted octanol–water partition coefficient (Wildman–Crippen LogP) is 3.92. The van der Waals surface area contributed by atoms with Crippen molar-refractivity contribution in [2.75, 3.05) is 26.9 Å². The third kappa shape index (κ3) is 3.49. The summed E-state index contributed by atoms with van der Waals surface area (Å²) < 4.78 is 18.5. The molecule has 1 amide bonds. The molecule has 1 aromatic rings. The number of ether oxygens (including phenoxy) is 3. The van der Waals surface area contributed by atoms with Crippen molar-refractivity contribution in [3.05, 3.63) is 31.7 Å². The Balaban J connectivity index is 1.67. The van der Waals surface area contributed by atoms with Crippen LogP contribution in [-0.2, 0) is 20.7 Å².